The van der Waals surface area contributed by atoms with Gasteiger partial charge in [0.2, 0.25) is 0 Å². The monoisotopic (exact) mass is 116 g/mol. The average Bonchev–Trinajstić information content (AvgIpc) is 2.24. The second-order valence-electron chi connectivity index (χ2n) is 2.55. The fourth-order valence-corrected chi connectivity index (χ4v) is 1.25. The minimum Gasteiger partial charge on any atom is -0.0911 e. The van der Waals surface area contributed by atoms with E-state index in [2.05, 4.69) is 31.7 Å². The molecule has 0 aromatic rings. The molecule has 0 heterocycles. The third-order valence-corrected chi connectivity index (χ3v) is 1.84. The molecule has 0 aromatic heterocycles. The molecule has 2 aliphatic rings. The molecule has 0 aromatic carbocycles. The van der Waals surface area contributed by atoms with Gasteiger partial charge in [-0.15, -0.1) is 0 Å². The Hall–Kier alpha value is -1.04. The molecule has 0 saturated heterocycles. The van der Waals surface area contributed by atoms with Crippen molar-refractivity contribution < 1.29 is 0 Å². The molecule has 0 heteroatoms. The summed E-state index contributed by atoms with van der Waals surface area (Å²) in [7, 11) is 0. The van der Waals surface area contributed by atoms with E-state index in [1.165, 1.54) is 16.7 Å². The predicted molar refractivity (Wildman–Crippen MR) is 39.1 cm³/mol. The first-order valence-electron chi connectivity index (χ1n) is 3.09. The van der Waals surface area contributed by atoms with Crippen molar-refractivity contribution in [3.8, 4) is 0 Å². The summed E-state index contributed by atoms with van der Waals surface area (Å²) in [4.78, 5) is 0. The standard InChI is InChI=1S/C9H8/c1-6-3-9-5-8(6)4-7(9)2/h3-5H,1H2,2H3. The Morgan fingerprint density at radius 2 is 1.89 bits per heavy atom. The highest BCUT2D eigenvalue weighted by atomic mass is 14.2. The zero-order chi connectivity index (χ0) is 6.43. The van der Waals surface area contributed by atoms with Crippen LogP contribution in [0, 0.1) is 0 Å². The van der Waals surface area contributed by atoms with Gasteiger partial charge in [0, 0.05) is 0 Å². The molecule has 9 heavy (non-hydrogen) atoms. The molecular weight excluding hydrogens is 108 g/mol. The van der Waals surface area contributed by atoms with Crippen molar-refractivity contribution in [2.24, 2.45) is 0 Å². The number of rotatable bonds is 0. The van der Waals surface area contributed by atoms with Crippen molar-refractivity contribution in [1.82, 2.24) is 0 Å². The lowest BCUT2D eigenvalue weighted by molar-refractivity contribution is 1.43. The molecule has 0 unspecified atom stereocenters. The number of fused-ring (bicyclic) bond motifs is 1. The van der Waals surface area contributed by atoms with Crippen LogP contribution in [0.4, 0.5) is 0 Å². The van der Waals surface area contributed by atoms with Crippen molar-refractivity contribution in [2.75, 3.05) is 0 Å². The van der Waals surface area contributed by atoms with Gasteiger partial charge in [0.1, 0.15) is 0 Å². The Morgan fingerprint density at radius 3 is 2.22 bits per heavy atom. The molecule has 44 valence electrons. The topological polar surface area (TPSA) is 0 Å². The molecule has 0 amide bonds. The van der Waals surface area contributed by atoms with Crippen LogP contribution in [-0.4, -0.2) is 0 Å². The molecular formula is C9H8. The van der Waals surface area contributed by atoms with E-state index in [0.717, 1.165) is 5.57 Å². The maximum Gasteiger partial charge on any atom is -0.0181 e. The fraction of sp³-hybridized carbons (Fsp3) is 0.111. The molecule has 0 nitrogen and oxygen atoms in total. The minimum atomic E-state index is 1.16. The second kappa shape index (κ2) is 1.27. The van der Waals surface area contributed by atoms with Crippen LogP contribution in [0.5, 0.6) is 0 Å². The Morgan fingerprint density at radius 1 is 1.11 bits per heavy atom. The molecule has 0 radical (unpaired) electrons. The minimum absolute atomic E-state index is 1.16. The highest BCUT2D eigenvalue weighted by molar-refractivity contribution is 5.68. The van der Waals surface area contributed by atoms with Crippen molar-refractivity contribution in [3.63, 3.8) is 0 Å². The number of hydrogen-bond acceptors (Lipinski definition) is 0. The molecule has 0 atom stereocenters. The van der Waals surface area contributed by atoms with Crippen molar-refractivity contribution >= 4 is 0 Å². The lowest BCUT2D eigenvalue weighted by Crippen LogP contribution is -1.80. The largest absolute Gasteiger partial charge is 0.0911 e. The maximum absolute atomic E-state index is 3.88. The van der Waals surface area contributed by atoms with Crippen molar-refractivity contribution in [2.45, 2.75) is 6.92 Å². The fourth-order valence-electron chi connectivity index (χ4n) is 1.25. The van der Waals surface area contributed by atoms with E-state index < -0.39 is 0 Å². The zero-order valence-electron chi connectivity index (χ0n) is 5.44. The normalized spacial score (nSPS) is 21.9. The highest BCUT2D eigenvalue weighted by Gasteiger charge is 2.15. The Balaban J connectivity index is 2.60. The smallest absolute Gasteiger partial charge is 0.0181 e. The maximum atomic E-state index is 3.88. The van der Waals surface area contributed by atoms with E-state index >= 15 is 0 Å². The van der Waals surface area contributed by atoms with Gasteiger partial charge in [-0.25, -0.2) is 0 Å². The van der Waals surface area contributed by atoms with Crippen LogP contribution in [0.15, 0.2) is 47.1 Å². The average molecular weight is 116 g/mol. The van der Waals surface area contributed by atoms with Crippen molar-refractivity contribution in [3.05, 3.63) is 47.1 Å². The van der Waals surface area contributed by atoms with Crippen LogP contribution < -0.4 is 0 Å². The number of allylic oxidation sites excluding steroid dienone is 7. The summed E-state index contributed by atoms with van der Waals surface area (Å²) >= 11 is 0. The highest BCUT2D eigenvalue weighted by Crippen LogP contribution is 2.34. The first kappa shape index (κ1) is 4.80. The Kier molecular flexibility index (Phi) is 0.677. The summed E-state index contributed by atoms with van der Waals surface area (Å²) in [5, 5.41) is 0. The summed E-state index contributed by atoms with van der Waals surface area (Å²) in [5.41, 5.74) is 5.17. The summed E-state index contributed by atoms with van der Waals surface area (Å²) in [5.74, 6) is 0. The van der Waals surface area contributed by atoms with Gasteiger partial charge >= 0.3 is 0 Å². The van der Waals surface area contributed by atoms with Crippen LogP contribution in [0.1, 0.15) is 6.92 Å². The number of hydrogen-bond donors (Lipinski definition) is 0. The summed E-state index contributed by atoms with van der Waals surface area (Å²) in [6.45, 7) is 6.01. The molecule has 0 spiro atoms. The van der Waals surface area contributed by atoms with E-state index in [9.17, 15) is 0 Å². The first-order valence-corrected chi connectivity index (χ1v) is 3.09. The summed E-state index contributed by atoms with van der Waals surface area (Å²) in [6.07, 6.45) is 6.49. The van der Waals surface area contributed by atoms with Crippen LogP contribution in [0.2, 0.25) is 0 Å². The third-order valence-electron chi connectivity index (χ3n) is 1.84. The first-order chi connectivity index (χ1) is 4.27. The van der Waals surface area contributed by atoms with E-state index in [0.29, 0.717) is 0 Å². The predicted octanol–water partition coefficient (Wildman–Crippen LogP) is 2.37. The van der Waals surface area contributed by atoms with Gasteiger partial charge in [0.15, 0.2) is 0 Å². The lowest BCUT2D eigenvalue weighted by Gasteiger charge is -1.99. The molecule has 0 fully saturated rings. The molecule has 2 rings (SSSR count). The molecule has 2 aliphatic carbocycles. The van der Waals surface area contributed by atoms with E-state index in [4.69, 9.17) is 0 Å². The van der Waals surface area contributed by atoms with E-state index in [-0.39, 0.29) is 0 Å². The molecule has 0 saturated carbocycles. The molecule has 2 bridgehead atoms. The van der Waals surface area contributed by atoms with Crippen LogP contribution in [0.25, 0.3) is 0 Å². The quantitative estimate of drug-likeness (QED) is 0.455. The van der Waals surface area contributed by atoms with Crippen LogP contribution in [-0.2, 0) is 0 Å². The Labute approximate surface area is 54.9 Å². The zero-order valence-corrected chi connectivity index (χ0v) is 5.44. The van der Waals surface area contributed by atoms with Gasteiger partial charge in [-0.2, -0.15) is 0 Å². The summed E-state index contributed by atoms with van der Waals surface area (Å²) < 4.78 is 0. The van der Waals surface area contributed by atoms with Crippen molar-refractivity contribution in [1.29, 1.82) is 0 Å². The van der Waals surface area contributed by atoms with Gasteiger partial charge < -0.3 is 0 Å². The van der Waals surface area contributed by atoms with Gasteiger partial charge in [0.05, 0.1) is 0 Å². The lowest BCUT2D eigenvalue weighted by atomic mass is 10.1. The van der Waals surface area contributed by atoms with E-state index in [1.54, 1.807) is 0 Å². The van der Waals surface area contributed by atoms with Gasteiger partial charge in [-0.05, 0) is 41.4 Å². The SMILES string of the molecule is C=C1C=C2C=C1C=C2C. The third kappa shape index (κ3) is 0.476. The van der Waals surface area contributed by atoms with Gasteiger partial charge in [-0.1, -0.05) is 12.7 Å². The molecule has 0 N–H and O–H groups in total. The van der Waals surface area contributed by atoms with Gasteiger partial charge in [-0.3, -0.25) is 0 Å². The van der Waals surface area contributed by atoms with E-state index in [1.807, 2.05) is 0 Å². The molecule has 0 aliphatic heterocycles. The van der Waals surface area contributed by atoms with Crippen LogP contribution in [0.3, 0.4) is 0 Å². The summed E-state index contributed by atoms with van der Waals surface area (Å²) in [6, 6.07) is 0. The Bertz CT molecular complexity index is 272. The van der Waals surface area contributed by atoms with Gasteiger partial charge in [0.25, 0.3) is 0 Å². The second-order valence-corrected chi connectivity index (χ2v) is 2.55. The van der Waals surface area contributed by atoms with Crippen LogP contribution >= 0.6 is 0 Å².